The summed E-state index contributed by atoms with van der Waals surface area (Å²) in [5.41, 5.74) is 1.08. The number of nitrogens with one attached hydrogen (secondary N) is 1. The molecule has 1 aromatic carbocycles. The summed E-state index contributed by atoms with van der Waals surface area (Å²) < 4.78 is 1.73. The molecule has 6 nitrogen and oxygen atoms in total. The lowest BCUT2D eigenvalue weighted by atomic mass is 9.95. The summed E-state index contributed by atoms with van der Waals surface area (Å²) in [7, 11) is 0. The van der Waals surface area contributed by atoms with Crippen LogP contribution in [-0.4, -0.2) is 26.4 Å². The Hall–Kier alpha value is -2.86. The number of halogens is 1. The number of amides is 1. The van der Waals surface area contributed by atoms with Crippen molar-refractivity contribution in [3.8, 4) is 0 Å². The maximum absolute atomic E-state index is 12.4. The molecule has 0 saturated heterocycles. The van der Waals surface area contributed by atoms with Gasteiger partial charge in [-0.1, -0.05) is 23.7 Å². The second kappa shape index (κ2) is 5.60. The van der Waals surface area contributed by atoms with E-state index in [1.54, 1.807) is 53.2 Å². The Labute approximate surface area is 148 Å². The fourth-order valence-corrected chi connectivity index (χ4v) is 3.07. The lowest BCUT2D eigenvalue weighted by Gasteiger charge is -2.10. The van der Waals surface area contributed by atoms with Gasteiger partial charge in [0.25, 0.3) is 5.91 Å². The minimum absolute atomic E-state index is 0.304. The fourth-order valence-electron chi connectivity index (χ4n) is 2.91. The van der Waals surface area contributed by atoms with Crippen LogP contribution in [0.2, 0.25) is 5.02 Å². The number of aliphatic carboxylic acids is 1. The van der Waals surface area contributed by atoms with Crippen molar-refractivity contribution in [1.29, 1.82) is 0 Å². The van der Waals surface area contributed by atoms with Crippen molar-refractivity contribution in [2.75, 3.05) is 5.32 Å². The topological polar surface area (TPSA) is 83.7 Å². The zero-order chi connectivity index (χ0) is 17.6. The fraction of sp³-hybridized carbons (Fsp3) is 0.167. The highest BCUT2D eigenvalue weighted by Gasteiger charge is 2.51. The minimum Gasteiger partial charge on any atom is -0.481 e. The van der Waals surface area contributed by atoms with E-state index < -0.39 is 11.4 Å². The smallest absolute Gasteiger partial charge is 0.314 e. The predicted octanol–water partition coefficient (Wildman–Crippen LogP) is 3.36. The average molecular weight is 356 g/mol. The van der Waals surface area contributed by atoms with E-state index in [0.29, 0.717) is 34.9 Å². The SMILES string of the molecule is O=C(Nc1cn2cc(Cl)ccc2n1)c1ccc(C2(C(=O)O)CC2)cc1. The van der Waals surface area contributed by atoms with Gasteiger partial charge in [0.2, 0.25) is 0 Å². The van der Waals surface area contributed by atoms with Crippen LogP contribution in [0.5, 0.6) is 0 Å². The summed E-state index contributed by atoms with van der Waals surface area (Å²) in [6.07, 6.45) is 4.65. The predicted molar refractivity (Wildman–Crippen MR) is 93.1 cm³/mol. The number of imidazole rings is 1. The largest absolute Gasteiger partial charge is 0.481 e. The number of benzene rings is 1. The second-order valence-electron chi connectivity index (χ2n) is 6.16. The molecule has 0 atom stereocenters. The lowest BCUT2D eigenvalue weighted by molar-refractivity contribution is -0.140. The number of pyridine rings is 1. The first-order valence-corrected chi connectivity index (χ1v) is 8.15. The maximum atomic E-state index is 12.4. The van der Waals surface area contributed by atoms with Crippen molar-refractivity contribution < 1.29 is 14.7 Å². The van der Waals surface area contributed by atoms with Crippen LogP contribution in [0, 0.1) is 0 Å². The van der Waals surface area contributed by atoms with Gasteiger partial charge >= 0.3 is 5.97 Å². The molecule has 0 radical (unpaired) electrons. The number of carbonyl (C=O) groups is 2. The van der Waals surface area contributed by atoms with Gasteiger partial charge in [0, 0.05) is 11.8 Å². The monoisotopic (exact) mass is 355 g/mol. The van der Waals surface area contributed by atoms with Crippen molar-refractivity contribution in [3.63, 3.8) is 0 Å². The van der Waals surface area contributed by atoms with Gasteiger partial charge in [0.15, 0.2) is 5.82 Å². The highest BCUT2D eigenvalue weighted by atomic mass is 35.5. The average Bonchev–Trinajstić information content (AvgIpc) is 3.31. The van der Waals surface area contributed by atoms with Crippen molar-refractivity contribution in [1.82, 2.24) is 9.38 Å². The number of fused-ring (bicyclic) bond motifs is 1. The van der Waals surface area contributed by atoms with E-state index in [2.05, 4.69) is 10.3 Å². The number of aromatic nitrogens is 2. The molecule has 2 heterocycles. The van der Waals surface area contributed by atoms with Crippen LogP contribution < -0.4 is 5.32 Å². The van der Waals surface area contributed by atoms with Crippen LogP contribution >= 0.6 is 11.6 Å². The van der Waals surface area contributed by atoms with Gasteiger partial charge in [-0.3, -0.25) is 9.59 Å². The van der Waals surface area contributed by atoms with Gasteiger partial charge in [0.05, 0.1) is 16.6 Å². The summed E-state index contributed by atoms with van der Waals surface area (Å²) in [5.74, 6) is -0.699. The number of hydrogen-bond donors (Lipinski definition) is 2. The highest BCUT2D eigenvalue weighted by molar-refractivity contribution is 6.30. The Morgan fingerprint density at radius 1 is 1.12 bits per heavy atom. The van der Waals surface area contributed by atoms with Gasteiger partial charge in [-0.15, -0.1) is 0 Å². The van der Waals surface area contributed by atoms with E-state index in [4.69, 9.17) is 11.6 Å². The van der Waals surface area contributed by atoms with Crippen LogP contribution in [0.15, 0.2) is 48.8 Å². The Balaban J connectivity index is 1.53. The molecule has 1 aliphatic rings. The molecule has 3 aromatic rings. The Morgan fingerprint density at radius 3 is 2.48 bits per heavy atom. The molecule has 1 aliphatic carbocycles. The third kappa shape index (κ3) is 2.74. The second-order valence-corrected chi connectivity index (χ2v) is 6.59. The zero-order valence-electron chi connectivity index (χ0n) is 13.1. The number of carbonyl (C=O) groups excluding carboxylic acids is 1. The molecule has 1 amide bonds. The van der Waals surface area contributed by atoms with E-state index in [9.17, 15) is 14.7 Å². The standard InChI is InChI=1S/C18H14ClN3O3/c19-13-5-6-15-20-14(10-22(15)9-13)21-16(23)11-1-3-12(4-2-11)18(7-8-18)17(24)25/h1-6,9-10H,7-8H2,(H,21,23)(H,24,25). The van der Waals surface area contributed by atoms with Gasteiger partial charge in [-0.25, -0.2) is 4.98 Å². The molecular formula is C18H14ClN3O3. The summed E-state index contributed by atoms with van der Waals surface area (Å²) >= 11 is 5.93. The van der Waals surface area contributed by atoms with Crippen LogP contribution in [0.4, 0.5) is 5.82 Å². The number of rotatable bonds is 4. The van der Waals surface area contributed by atoms with Crippen LogP contribution in [-0.2, 0) is 10.2 Å². The molecular weight excluding hydrogens is 342 g/mol. The lowest BCUT2D eigenvalue weighted by Crippen LogP contribution is -2.19. The van der Waals surface area contributed by atoms with E-state index >= 15 is 0 Å². The van der Waals surface area contributed by atoms with Crippen molar-refractivity contribution >= 4 is 34.9 Å². The summed E-state index contributed by atoms with van der Waals surface area (Å²) in [6, 6.07) is 10.2. The molecule has 0 spiro atoms. The van der Waals surface area contributed by atoms with E-state index in [0.717, 1.165) is 5.56 Å². The van der Waals surface area contributed by atoms with Crippen LogP contribution in [0.3, 0.4) is 0 Å². The third-order valence-electron chi connectivity index (χ3n) is 4.52. The van der Waals surface area contributed by atoms with Gasteiger partial charge in [-0.2, -0.15) is 0 Å². The Morgan fingerprint density at radius 2 is 1.84 bits per heavy atom. The highest BCUT2D eigenvalue weighted by Crippen LogP contribution is 2.48. The van der Waals surface area contributed by atoms with Gasteiger partial charge in [-0.05, 0) is 42.7 Å². The minimum atomic E-state index is -0.812. The van der Waals surface area contributed by atoms with Crippen LogP contribution in [0.1, 0.15) is 28.8 Å². The van der Waals surface area contributed by atoms with E-state index in [1.807, 2.05) is 0 Å². The first kappa shape index (κ1) is 15.7. The molecule has 25 heavy (non-hydrogen) atoms. The molecule has 7 heteroatoms. The van der Waals surface area contributed by atoms with E-state index in [1.165, 1.54) is 0 Å². The number of carboxylic acids is 1. The summed E-state index contributed by atoms with van der Waals surface area (Å²) in [6.45, 7) is 0. The first-order chi connectivity index (χ1) is 12.0. The van der Waals surface area contributed by atoms with E-state index in [-0.39, 0.29) is 5.91 Å². The zero-order valence-corrected chi connectivity index (χ0v) is 13.8. The Bertz CT molecular complexity index is 990. The number of hydrogen-bond acceptors (Lipinski definition) is 3. The molecule has 2 N–H and O–H groups in total. The molecule has 0 aliphatic heterocycles. The third-order valence-corrected chi connectivity index (χ3v) is 4.74. The van der Waals surface area contributed by atoms with Crippen LogP contribution in [0.25, 0.3) is 5.65 Å². The maximum Gasteiger partial charge on any atom is 0.314 e. The van der Waals surface area contributed by atoms with Crippen molar-refractivity contribution in [2.45, 2.75) is 18.3 Å². The molecule has 2 aromatic heterocycles. The summed E-state index contributed by atoms with van der Waals surface area (Å²) in [4.78, 5) is 28.0. The summed E-state index contributed by atoms with van der Waals surface area (Å²) in [5, 5.41) is 12.6. The normalized spacial score (nSPS) is 15.1. The van der Waals surface area contributed by atoms with Gasteiger partial charge < -0.3 is 14.8 Å². The number of carboxylic acid groups (broad SMARTS) is 1. The Kier molecular flexibility index (Phi) is 3.51. The van der Waals surface area contributed by atoms with Crippen molar-refractivity contribution in [3.05, 3.63) is 64.9 Å². The molecule has 0 bridgehead atoms. The van der Waals surface area contributed by atoms with Crippen molar-refractivity contribution in [2.24, 2.45) is 0 Å². The molecule has 0 unspecified atom stereocenters. The molecule has 126 valence electrons. The molecule has 1 fully saturated rings. The van der Waals surface area contributed by atoms with Gasteiger partial charge in [0.1, 0.15) is 5.65 Å². The quantitative estimate of drug-likeness (QED) is 0.751. The number of anilines is 1. The first-order valence-electron chi connectivity index (χ1n) is 7.77. The number of nitrogens with zero attached hydrogens (tertiary/aromatic N) is 2. The molecule has 1 saturated carbocycles. The molecule has 4 rings (SSSR count).